The van der Waals surface area contributed by atoms with Gasteiger partial charge in [0, 0.05) is 13.2 Å². The van der Waals surface area contributed by atoms with Crippen molar-refractivity contribution in [2.24, 2.45) is 17.3 Å². The van der Waals surface area contributed by atoms with Gasteiger partial charge in [0.15, 0.2) is 0 Å². The number of hydrogen-bond acceptors (Lipinski definition) is 3. The highest BCUT2D eigenvalue weighted by Crippen LogP contribution is 2.32. The number of hydrogen-bond donors (Lipinski definition) is 2. The van der Waals surface area contributed by atoms with E-state index in [4.69, 9.17) is 9.84 Å². The van der Waals surface area contributed by atoms with Crippen molar-refractivity contribution < 1.29 is 14.6 Å². The van der Waals surface area contributed by atoms with E-state index >= 15 is 0 Å². The number of nitrogens with one attached hydrogen (secondary N) is 1. The van der Waals surface area contributed by atoms with Crippen LogP contribution >= 0.6 is 0 Å². The molecule has 1 saturated heterocycles. The van der Waals surface area contributed by atoms with Crippen molar-refractivity contribution >= 4 is 5.91 Å². The second-order valence-corrected chi connectivity index (χ2v) is 6.29. The summed E-state index contributed by atoms with van der Waals surface area (Å²) in [6, 6.07) is 0. The van der Waals surface area contributed by atoms with E-state index in [2.05, 4.69) is 12.2 Å². The molecule has 1 heterocycles. The molecular formula is C14H27NO3. The topological polar surface area (TPSA) is 58.6 Å². The summed E-state index contributed by atoms with van der Waals surface area (Å²) in [5.74, 6) is 0.260. The first-order valence-corrected chi connectivity index (χ1v) is 6.82. The van der Waals surface area contributed by atoms with Gasteiger partial charge in [0.25, 0.3) is 0 Å². The summed E-state index contributed by atoms with van der Waals surface area (Å²) < 4.78 is 5.69. The van der Waals surface area contributed by atoms with Crippen LogP contribution in [0.3, 0.4) is 0 Å². The van der Waals surface area contributed by atoms with Gasteiger partial charge < -0.3 is 15.2 Å². The third kappa shape index (κ3) is 3.69. The monoisotopic (exact) mass is 257 g/mol. The summed E-state index contributed by atoms with van der Waals surface area (Å²) in [4.78, 5) is 12.2. The average molecular weight is 257 g/mol. The second kappa shape index (κ2) is 6.02. The van der Waals surface area contributed by atoms with Gasteiger partial charge in [-0.15, -0.1) is 0 Å². The lowest BCUT2D eigenvalue weighted by atomic mass is 9.87. The minimum atomic E-state index is -0.0675. The van der Waals surface area contributed by atoms with Gasteiger partial charge in [0.1, 0.15) is 0 Å². The second-order valence-electron chi connectivity index (χ2n) is 6.29. The van der Waals surface area contributed by atoms with Crippen LogP contribution in [0.1, 0.15) is 41.0 Å². The summed E-state index contributed by atoms with van der Waals surface area (Å²) in [5.41, 5.74) is -0.0675. The number of amides is 1. The van der Waals surface area contributed by atoms with Crippen molar-refractivity contribution in [2.75, 3.05) is 13.2 Å². The van der Waals surface area contributed by atoms with Crippen LogP contribution in [0.4, 0.5) is 0 Å². The number of rotatable bonds is 5. The molecule has 4 atom stereocenters. The van der Waals surface area contributed by atoms with Gasteiger partial charge in [-0.1, -0.05) is 20.8 Å². The van der Waals surface area contributed by atoms with Gasteiger partial charge in [-0.25, -0.2) is 0 Å². The molecule has 1 rings (SSSR count). The molecule has 1 aliphatic heterocycles. The lowest BCUT2D eigenvalue weighted by Crippen LogP contribution is -2.41. The zero-order valence-electron chi connectivity index (χ0n) is 12.2. The van der Waals surface area contributed by atoms with E-state index in [9.17, 15) is 4.79 Å². The molecule has 0 aromatic heterocycles. The number of aliphatic hydroxyl groups excluding tert-OH is 1. The SMILES string of the molecule is CC1OC(C)C(C(=O)NCC(C)(C)CCO)C1C. The molecule has 0 aromatic rings. The van der Waals surface area contributed by atoms with Crippen molar-refractivity contribution in [3.63, 3.8) is 0 Å². The van der Waals surface area contributed by atoms with Crippen molar-refractivity contribution in [3.05, 3.63) is 0 Å². The first kappa shape index (κ1) is 15.4. The predicted octanol–water partition coefficient (Wildman–Crippen LogP) is 1.57. The fourth-order valence-corrected chi connectivity index (χ4v) is 2.55. The first-order chi connectivity index (χ1) is 8.28. The normalized spacial score (nSPS) is 32.6. The zero-order valence-corrected chi connectivity index (χ0v) is 12.2. The molecule has 0 spiro atoms. The van der Waals surface area contributed by atoms with E-state index in [1.54, 1.807) is 0 Å². The standard InChI is InChI=1S/C14H27NO3/c1-9-10(2)18-11(3)12(9)13(17)15-8-14(4,5)6-7-16/h9-12,16H,6-8H2,1-5H3,(H,15,17). The molecule has 1 aliphatic rings. The van der Waals surface area contributed by atoms with E-state index in [0.29, 0.717) is 13.0 Å². The highest BCUT2D eigenvalue weighted by molar-refractivity contribution is 5.79. The molecule has 0 aliphatic carbocycles. The molecule has 0 aromatic carbocycles. The van der Waals surface area contributed by atoms with Crippen molar-refractivity contribution in [3.8, 4) is 0 Å². The minimum absolute atomic E-state index is 0.0176. The van der Waals surface area contributed by atoms with Gasteiger partial charge >= 0.3 is 0 Å². The van der Waals surface area contributed by atoms with Gasteiger partial charge in [-0.05, 0) is 31.6 Å². The van der Waals surface area contributed by atoms with Crippen LogP contribution in [-0.4, -0.2) is 36.4 Å². The maximum atomic E-state index is 12.2. The quantitative estimate of drug-likeness (QED) is 0.786. The Morgan fingerprint density at radius 3 is 2.33 bits per heavy atom. The van der Waals surface area contributed by atoms with E-state index < -0.39 is 0 Å². The maximum Gasteiger partial charge on any atom is 0.226 e. The van der Waals surface area contributed by atoms with Gasteiger partial charge in [0.05, 0.1) is 18.1 Å². The molecule has 2 N–H and O–H groups in total. The molecule has 1 amide bonds. The number of ether oxygens (including phenoxy) is 1. The lowest BCUT2D eigenvalue weighted by molar-refractivity contribution is -0.127. The molecule has 0 bridgehead atoms. The molecular weight excluding hydrogens is 230 g/mol. The van der Waals surface area contributed by atoms with Gasteiger partial charge in [-0.2, -0.15) is 0 Å². The van der Waals surface area contributed by atoms with Crippen molar-refractivity contribution in [2.45, 2.75) is 53.2 Å². The summed E-state index contributed by atoms with van der Waals surface area (Å²) >= 11 is 0. The van der Waals surface area contributed by atoms with Crippen LogP contribution in [0.15, 0.2) is 0 Å². The van der Waals surface area contributed by atoms with Crippen LogP contribution in [0.25, 0.3) is 0 Å². The summed E-state index contributed by atoms with van der Waals surface area (Å²) in [6.45, 7) is 10.9. The van der Waals surface area contributed by atoms with E-state index in [1.165, 1.54) is 0 Å². The number of carbonyl (C=O) groups excluding carboxylic acids is 1. The molecule has 0 radical (unpaired) electrons. The van der Waals surface area contributed by atoms with Crippen LogP contribution in [-0.2, 0) is 9.53 Å². The van der Waals surface area contributed by atoms with Gasteiger partial charge in [0.2, 0.25) is 5.91 Å². The Bertz CT molecular complexity index is 291. The maximum absolute atomic E-state index is 12.2. The fraction of sp³-hybridized carbons (Fsp3) is 0.929. The first-order valence-electron chi connectivity index (χ1n) is 6.82. The van der Waals surface area contributed by atoms with Crippen LogP contribution < -0.4 is 5.32 Å². The molecule has 4 unspecified atom stereocenters. The van der Waals surface area contributed by atoms with Crippen LogP contribution in [0.5, 0.6) is 0 Å². The van der Waals surface area contributed by atoms with E-state index in [0.717, 1.165) is 0 Å². The largest absolute Gasteiger partial charge is 0.396 e. The van der Waals surface area contributed by atoms with E-state index in [1.807, 2.05) is 27.7 Å². The third-order valence-electron chi connectivity index (χ3n) is 4.07. The molecule has 4 nitrogen and oxygen atoms in total. The van der Waals surface area contributed by atoms with Crippen LogP contribution in [0, 0.1) is 17.3 Å². The van der Waals surface area contributed by atoms with E-state index in [-0.39, 0.29) is 42.0 Å². The number of carbonyl (C=O) groups is 1. The minimum Gasteiger partial charge on any atom is -0.396 e. The molecule has 1 fully saturated rings. The Labute approximate surface area is 110 Å². The summed E-state index contributed by atoms with van der Waals surface area (Å²) in [5, 5.41) is 12.0. The number of aliphatic hydroxyl groups is 1. The highest BCUT2D eigenvalue weighted by Gasteiger charge is 2.41. The zero-order chi connectivity index (χ0) is 13.9. The summed E-state index contributed by atoms with van der Waals surface area (Å²) in [7, 11) is 0. The lowest BCUT2D eigenvalue weighted by Gasteiger charge is -2.26. The van der Waals surface area contributed by atoms with Crippen molar-refractivity contribution in [1.29, 1.82) is 0 Å². The Morgan fingerprint density at radius 1 is 1.28 bits per heavy atom. The Morgan fingerprint density at radius 2 is 1.89 bits per heavy atom. The smallest absolute Gasteiger partial charge is 0.226 e. The Balaban J connectivity index is 2.51. The fourth-order valence-electron chi connectivity index (χ4n) is 2.55. The summed E-state index contributed by atoms with van der Waals surface area (Å²) in [6.07, 6.45) is 0.813. The third-order valence-corrected chi connectivity index (χ3v) is 4.07. The Kier molecular flexibility index (Phi) is 5.17. The molecule has 4 heteroatoms. The predicted molar refractivity (Wildman–Crippen MR) is 71.2 cm³/mol. The molecule has 0 saturated carbocycles. The average Bonchev–Trinajstić information content (AvgIpc) is 2.50. The molecule has 106 valence electrons. The Hall–Kier alpha value is -0.610. The molecule has 18 heavy (non-hydrogen) atoms. The van der Waals surface area contributed by atoms with Crippen molar-refractivity contribution in [1.82, 2.24) is 5.32 Å². The highest BCUT2D eigenvalue weighted by atomic mass is 16.5. The van der Waals surface area contributed by atoms with Gasteiger partial charge in [-0.3, -0.25) is 4.79 Å². The van der Waals surface area contributed by atoms with Crippen LogP contribution in [0.2, 0.25) is 0 Å².